The first-order valence-electron chi connectivity index (χ1n) is 8.16. The van der Waals surface area contributed by atoms with Crippen molar-refractivity contribution in [2.75, 3.05) is 6.54 Å². The number of hydrogen-bond donors (Lipinski definition) is 1. The van der Waals surface area contributed by atoms with E-state index in [9.17, 15) is 0 Å². The molecule has 0 amide bonds. The SMILES string of the molecule is CCCCC(CC1CCCc2ccccc21)NCC. The number of benzene rings is 1. The van der Waals surface area contributed by atoms with Crippen LogP contribution in [0.25, 0.3) is 0 Å². The van der Waals surface area contributed by atoms with Gasteiger partial charge in [-0.2, -0.15) is 0 Å². The van der Waals surface area contributed by atoms with Gasteiger partial charge in [0.25, 0.3) is 0 Å². The summed E-state index contributed by atoms with van der Waals surface area (Å²) in [4.78, 5) is 0. The molecule has 2 atom stereocenters. The summed E-state index contributed by atoms with van der Waals surface area (Å²) in [5, 5.41) is 3.70. The first-order chi connectivity index (χ1) is 9.35. The van der Waals surface area contributed by atoms with Crippen LogP contribution >= 0.6 is 0 Å². The quantitative estimate of drug-likeness (QED) is 0.750. The molecule has 1 aliphatic carbocycles. The van der Waals surface area contributed by atoms with Crippen LogP contribution in [-0.4, -0.2) is 12.6 Å². The minimum atomic E-state index is 0.709. The van der Waals surface area contributed by atoms with Crippen LogP contribution in [0.4, 0.5) is 0 Å². The van der Waals surface area contributed by atoms with Crippen LogP contribution in [-0.2, 0) is 6.42 Å². The average molecular weight is 259 g/mol. The Morgan fingerprint density at radius 3 is 2.89 bits per heavy atom. The zero-order valence-electron chi connectivity index (χ0n) is 12.6. The molecule has 0 bridgehead atoms. The van der Waals surface area contributed by atoms with Gasteiger partial charge in [0.15, 0.2) is 0 Å². The Bertz CT molecular complexity index is 372. The van der Waals surface area contributed by atoms with E-state index in [0.717, 1.165) is 12.5 Å². The van der Waals surface area contributed by atoms with Crippen molar-refractivity contribution in [3.63, 3.8) is 0 Å². The zero-order chi connectivity index (χ0) is 13.5. The summed E-state index contributed by atoms with van der Waals surface area (Å²) < 4.78 is 0. The zero-order valence-corrected chi connectivity index (χ0v) is 12.6. The highest BCUT2D eigenvalue weighted by Gasteiger charge is 2.22. The molecular weight excluding hydrogens is 230 g/mol. The lowest BCUT2D eigenvalue weighted by molar-refractivity contribution is 0.391. The maximum absolute atomic E-state index is 3.70. The molecule has 0 radical (unpaired) electrons. The number of aryl methyl sites for hydroxylation is 1. The summed E-state index contributed by atoms with van der Waals surface area (Å²) in [5.74, 6) is 0.783. The second-order valence-corrected chi connectivity index (χ2v) is 5.92. The predicted octanol–water partition coefficient (Wildman–Crippen LogP) is 4.66. The van der Waals surface area contributed by atoms with Gasteiger partial charge in [-0.3, -0.25) is 0 Å². The lowest BCUT2D eigenvalue weighted by atomic mass is 9.79. The minimum absolute atomic E-state index is 0.709. The van der Waals surface area contributed by atoms with Gasteiger partial charge in [0, 0.05) is 6.04 Å². The molecule has 0 saturated heterocycles. The molecule has 0 spiro atoms. The molecule has 0 aromatic heterocycles. The van der Waals surface area contributed by atoms with E-state index in [-0.39, 0.29) is 0 Å². The first kappa shape index (κ1) is 14.6. The molecule has 1 nitrogen and oxygen atoms in total. The lowest BCUT2D eigenvalue weighted by Gasteiger charge is -2.29. The molecule has 1 aromatic rings. The van der Waals surface area contributed by atoms with Crippen LogP contribution in [0.3, 0.4) is 0 Å². The average Bonchev–Trinajstić information content (AvgIpc) is 2.45. The second-order valence-electron chi connectivity index (χ2n) is 5.92. The maximum Gasteiger partial charge on any atom is 0.00727 e. The largest absolute Gasteiger partial charge is 0.314 e. The van der Waals surface area contributed by atoms with Crippen molar-refractivity contribution in [1.82, 2.24) is 5.32 Å². The third-order valence-corrected chi connectivity index (χ3v) is 4.46. The molecule has 19 heavy (non-hydrogen) atoms. The van der Waals surface area contributed by atoms with Crippen LogP contribution in [0.5, 0.6) is 0 Å². The molecule has 1 aromatic carbocycles. The molecular formula is C18H29N. The highest BCUT2D eigenvalue weighted by atomic mass is 14.9. The smallest absolute Gasteiger partial charge is 0.00727 e. The van der Waals surface area contributed by atoms with Gasteiger partial charge < -0.3 is 5.32 Å². The molecule has 1 heteroatoms. The van der Waals surface area contributed by atoms with Crippen LogP contribution < -0.4 is 5.32 Å². The molecule has 1 N–H and O–H groups in total. The van der Waals surface area contributed by atoms with E-state index in [4.69, 9.17) is 0 Å². The summed E-state index contributed by atoms with van der Waals surface area (Å²) in [6, 6.07) is 9.81. The van der Waals surface area contributed by atoms with Gasteiger partial charge in [-0.15, -0.1) is 0 Å². The number of rotatable bonds is 7. The molecule has 0 fully saturated rings. The number of unbranched alkanes of at least 4 members (excludes halogenated alkanes) is 1. The highest BCUT2D eigenvalue weighted by molar-refractivity contribution is 5.32. The van der Waals surface area contributed by atoms with Crippen molar-refractivity contribution < 1.29 is 0 Å². The third kappa shape index (κ3) is 4.07. The Morgan fingerprint density at radius 1 is 1.26 bits per heavy atom. The fourth-order valence-corrected chi connectivity index (χ4v) is 3.49. The second kappa shape index (κ2) is 7.69. The van der Waals surface area contributed by atoms with Crippen molar-refractivity contribution in [3.05, 3.63) is 35.4 Å². The Balaban J connectivity index is 2.01. The van der Waals surface area contributed by atoms with Crippen molar-refractivity contribution in [2.24, 2.45) is 0 Å². The van der Waals surface area contributed by atoms with Gasteiger partial charge in [0.1, 0.15) is 0 Å². The van der Waals surface area contributed by atoms with Crippen LogP contribution in [0.15, 0.2) is 24.3 Å². The molecule has 106 valence electrons. The summed E-state index contributed by atoms with van der Waals surface area (Å²) in [6.07, 6.45) is 9.36. The molecule has 0 aliphatic heterocycles. The first-order valence-corrected chi connectivity index (χ1v) is 8.16. The molecule has 1 aliphatic rings. The van der Waals surface area contributed by atoms with Crippen molar-refractivity contribution in [1.29, 1.82) is 0 Å². The molecule has 2 unspecified atom stereocenters. The van der Waals surface area contributed by atoms with E-state index in [1.54, 1.807) is 11.1 Å². The van der Waals surface area contributed by atoms with Crippen LogP contribution in [0, 0.1) is 0 Å². The number of fused-ring (bicyclic) bond motifs is 1. The van der Waals surface area contributed by atoms with Crippen LogP contribution in [0.2, 0.25) is 0 Å². The van der Waals surface area contributed by atoms with Gasteiger partial charge in [-0.25, -0.2) is 0 Å². The van der Waals surface area contributed by atoms with E-state index in [1.165, 1.54) is 44.9 Å². The molecule has 2 rings (SSSR count). The lowest BCUT2D eigenvalue weighted by Crippen LogP contribution is -2.31. The fourth-order valence-electron chi connectivity index (χ4n) is 3.49. The topological polar surface area (TPSA) is 12.0 Å². The van der Waals surface area contributed by atoms with Gasteiger partial charge in [0.05, 0.1) is 0 Å². The van der Waals surface area contributed by atoms with E-state index >= 15 is 0 Å². The van der Waals surface area contributed by atoms with Crippen molar-refractivity contribution in [2.45, 2.75) is 70.8 Å². The normalized spacial score (nSPS) is 20.0. The fraction of sp³-hybridized carbons (Fsp3) is 0.667. The van der Waals surface area contributed by atoms with Crippen LogP contribution in [0.1, 0.15) is 69.4 Å². The number of hydrogen-bond acceptors (Lipinski definition) is 1. The van der Waals surface area contributed by atoms with E-state index in [1.807, 2.05) is 0 Å². The molecule has 0 saturated carbocycles. The summed E-state index contributed by atoms with van der Waals surface area (Å²) >= 11 is 0. The van der Waals surface area contributed by atoms with Crippen molar-refractivity contribution >= 4 is 0 Å². The van der Waals surface area contributed by atoms with E-state index in [2.05, 4.69) is 43.4 Å². The predicted molar refractivity (Wildman–Crippen MR) is 83.7 cm³/mol. The van der Waals surface area contributed by atoms with Gasteiger partial charge in [0.2, 0.25) is 0 Å². The Labute approximate surface area is 118 Å². The van der Waals surface area contributed by atoms with E-state index < -0.39 is 0 Å². The van der Waals surface area contributed by atoms with Crippen molar-refractivity contribution in [3.8, 4) is 0 Å². The van der Waals surface area contributed by atoms with Gasteiger partial charge in [-0.1, -0.05) is 51.0 Å². The minimum Gasteiger partial charge on any atom is -0.314 e. The van der Waals surface area contributed by atoms with Gasteiger partial charge in [-0.05, 0) is 55.7 Å². The highest BCUT2D eigenvalue weighted by Crippen LogP contribution is 2.35. The van der Waals surface area contributed by atoms with Gasteiger partial charge >= 0.3 is 0 Å². The summed E-state index contributed by atoms with van der Waals surface area (Å²) in [7, 11) is 0. The summed E-state index contributed by atoms with van der Waals surface area (Å²) in [5.41, 5.74) is 3.23. The number of nitrogens with one attached hydrogen (secondary N) is 1. The Kier molecular flexibility index (Phi) is 5.91. The Hall–Kier alpha value is -0.820. The third-order valence-electron chi connectivity index (χ3n) is 4.46. The van der Waals surface area contributed by atoms with E-state index in [0.29, 0.717) is 6.04 Å². The molecule has 0 heterocycles. The monoisotopic (exact) mass is 259 g/mol. The maximum atomic E-state index is 3.70. The Morgan fingerprint density at radius 2 is 2.11 bits per heavy atom. The summed E-state index contributed by atoms with van der Waals surface area (Å²) in [6.45, 7) is 5.62. The standard InChI is InChI=1S/C18H29N/c1-3-5-12-17(19-4-2)14-16-11-8-10-15-9-6-7-13-18(15)16/h6-7,9,13,16-17,19H,3-5,8,10-12,14H2,1-2H3.